The Bertz CT molecular complexity index is 1030. The SMILES string of the molecule is Cc1ccnc(Nc2cc(N3CCN(C(=O)Nc4ccccc4C)CC3)ncn2)c1. The zero-order valence-electron chi connectivity index (χ0n) is 17.2. The van der Waals surface area contributed by atoms with Crippen molar-refractivity contribution in [3.05, 3.63) is 66.1 Å². The number of pyridine rings is 1. The molecule has 0 radical (unpaired) electrons. The van der Waals surface area contributed by atoms with Crippen LogP contribution in [0.3, 0.4) is 0 Å². The third-order valence-corrected chi connectivity index (χ3v) is 5.10. The number of aromatic nitrogens is 3. The summed E-state index contributed by atoms with van der Waals surface area (Å²) in [5.74, 6) is 2.27. The van der Waals surface area contributed by atoms with E-state index in [1.807, 2.05) is 61.2 Å². The molecule has 1 aliphatic heterocycles. The number of urea groups is 1. The van der Waals surface area contributed by atoms with Crippen molar-refractivity contribution in [2.75, 3.05) is 41.7 Å². The summed E-state index contributed by atoms with van der Waals surface area (Å²) in [5, 5.41) is 6.22. The Morgan fingerprint density at radius 1 is 0.933 bits per heavy atom. The third-order valence-electron chi connectivity index (χ3n) is 5.10. The topological polar surface area (TPSA) is 86.3 Å². The molecule has 2 amide bonds. The predicted molar refractivity (Wildman–Crippen MR) is 118 cm³/mol. The van der Waals surface area contributed by atoms with Gasteiger partial charge in [0.15, 0.2) is 0 Å². The molecule has 3 heterocycles. The molecular formula is C22H25N7O. The largest absolute Gasteiger partial charge is 0.353 e. The summed E-state index contributed by atoms with van der Waals surface area (Å²) < 4.78 is 0. The van der Waals surface area contributed by atoms with E-state index in [1.54, 1.807) is 12.5 Å². The van der Waals surface area contributed by atoms with Crippen LogP contribution in [0.4, 0.5) is 27.9 Å². The van der Waals surface area contributed by atoms with Crippen LogP contribution in [0.25, 0.3) is 0 Å². The third kappa shape index (κ3) is 4.65. The van der Waals surface area contributed by atoms with Gasteiger partial charge in [0, 0.05) is 44.1 Å². The Morgan fingerprint density at radius 2 is 1.70 bits per heavy atom. The number of para-hydroxylation sites is 1. The first kappa shape index (κ1) is 19.6. The van der Waals surface area contributed by atoms with Gasteiger partial charge < -0.3 is 20.4 Å². The van der Waals surface area contributed by atoms with Gasteiger partial charge in [0.25, 0.3) is 0 Å². The van der Waals surface area contributed by atoms with Crippen molar-refractivity contribution < 1.29 is 4.79 Å². The summed E-state index contributed by atoms with van der Waals surface area (Å²) in [7, 11) is 0. The Labute approximate surface area is 176 Å². The van der Waals surface area contributed by atoms with Crippen molar-refractivity contribution in [1.82, 2.24) is 19.9 Å². The van der Waals surface area contributed by atoms with Gasteiger partial charge in [0.2, 0.25) is 0 Å². The molecule has 0 unspecified atom stereocenters. The van der Waals surface area contributed by atoms with Crippen LogP contribution >= 0.6 is 0 Å². The number of rotatable bonds is 4. The van der Waals surface area contributed by atoms with E-state index in [0.717, 1.165) is 28.5 Å². The number of nitrogens with zero attached hydrogens (tertiary/aromatic N) is 5. The fourth-order valence-corrected chi connectivity index (χ4v) is 3.37. The van der Waals surface area contributed by atoms with Crippen molar-refractivity contribution in [3.63, 3.8) is 0 Å². The molecule has 3 aromatic rings. The lowest BCUT2D eigenvalue weighted by molar-refractivity contribution is 0.208. The molecule has 30 heavy (non-hydrogen) atoms. The minimum absolute atomic E-state index is 0.0699. The highest BCUT2D eigenvalue weighted by Gasteiger charge is 2.22. The second-order valence-corrected chi connectivity index (χ2v) is 7.32. The quantitative estimate of drug-likeness (QED) is 0.692. The number of anilines is 4. The molecule has 1 saturated heterocycles. The van der Waals surface area contributed by atoms with Crippen molar-refractivity contribution in [3.8, 4) is 0 Å². The number of hydrogen-bond donors (Lipinski definition) is 2. The smallest absolute Gasteiger partial charge is 0.321 e. The van der Waals surface area contributed by atoms with Crippen molar-refractivity contribution >= 4 is 29.2 Å². The molecule has 0 saturated carbocycles. The highest BCUT2D eigenvalue weighted by molar-refractivity contribution is 5.90. The van der Waals surface area contributed by atoms with E-state index in [-0.39, 0.29) is 6.03 Å². The molecule has 0 spiro atoms. The average molecular weight is 403 g/mol. The standard InChI is InChI=1S/C22H25N7O/c1-16-7-8-23-19(13-16)27-20-14-21(25-15-24-20)28-9-11-29(12-10-28)22(30)26-18-6-4-3-5-17(18)2/h3-8,13-15H,9-12H2,1-2H3,(H,26,30)(H,23,24,25,27). The number of aryl methyl sites for hydroxylation is 2. The number of carbonyl (C=O) groups excluding carboxylic acids is 1. The van der Waals surface area contributed by atoms with Crippen molar-refractivity contribution in [1.29, 1.82) is 0 Å². The van der Waals surface area contributed by atoms with Crippen LogP contribution < -0.4 is 15.5 Å². The molecule has 4 rings (SSSR count). The number of benzene rings is 1. The van der Waals surface area contributed by atoms with E-state index >= 15 is 0 Å². The fraction of sp³-hybridized carbons (Fsp3) is 0.273. The Hall–Kier alpha value is -3.68. The summed E-state index contributed by atoms with van der Waals surface area (Å²) in [5.41, 5.74) is 3.02. The first-order valence-electron chi connectivity index (χ1n) is 9.97. The predicted octanol–water partition coefficient (Wildman–Crippen LogP) is 3.59. The average Bonchev–Trinajstić information content (AvgIpc) is 2.76. The van der Waals surface area contributed by atoms with Crippen LogP contribution in [0.15, 0.2) is 55.0 Å². The highest BCUT2D eigenvalue weighted by atomic mass is 16.2. The molecular weight excluding hydrogens is 378 g/mol. The van der Waals surface area contributed by atoms with Gasteiger partial charge in [-0.2, -0.15) is 0 Å². The summed E-state index contributed by atoms with van der Waals surface area (Å²) >= 11 is 0. The van der Waals surface area contributed by atoms with E-state index in [4.69, 9.17) is 0 Å². The lowest BCUT2D eigenvalue weighted by Gasteiger charge is -2.35. The van der Waals surface area contributed by atoms with Crippen LogP contribution in [0.5, 0.6) is 0 Å². The van der Waals surface area contributed by atoms with Gasteiger partial charge in [-0.15, -0.1) is 0 Å². The maximum absolute atomic E-state index is 12.6. The van der Waals surface area contributed by atoms with Gasteiger partial charge in [0.05, 0.1) is 0 Å². The van der Waals surface area contributed by atoms with E-state index in [2.05, 4.69) is 30.5 Å². The fourth-order valence-electron chi connectivity index (χ4n) is 3.37. The number of carbonyl (C=O) groups is 1. The van der Waals surface area contributed by atoms with E-state index < -0.39 is 0 Å². The van der Waals surface area contributed by atoms with Crippen molar-refractivity contribution in [2.45, 2.75) is 13.8 Å². The molecule has 8 heteroatoms. The second-order valence-electron chi connectivity index (χ2n) is 7.32. The zero-order valence-corrected chi connectivity index (χ0v) is 17.2. The first-order chi connectivity index (χ1) is 14.6. The van der Waals surface area contributed by atoms with E-state index in [1.165, 1.54) is 0 Å². The van der Waals surface area contributed by atoms with Crippen molar-refractivity contribution in [2.24, 2.45) is 0 Å². The minimum Gasteiger partial charge on any atom is -0.353 e. The van der Waals surface area contributed by atoms with Gasteiger partial charge in [-0.3, -0.25) is 0 Å². The van der Waals surface area contributed by atoms with Crippen LogP contribution in [-0.2, 0) is 0 Å². The van der Waals surface area contributed by atoms with E-state index in [0.29, 0.717) is 32.0 Å². The summed E-state index contributed by atoms with van der Waals surface area (Å²) in [6.45, 7) is 6.68. The Morgan fingerprint density at radius 3 is 2.47 bits per heavy atom. The normalized spacial score (nSPS) is 13.8. The Balaban J connectivity index is 1.36. The van der Waals surface area contributed by atoms with Gasteiger partial charge >= 0.3 is 6.03 Å². The van der Waals surface area contributed by atoms with Crippen LogP contribution in [-0.4, -0.2) is 52.1 Å². The lowest BCUT2D eigenvalue weighted by Crippen LogP contribution is -2.50. The summed E-state index contributed by atoms with van der Waals surface area (Å²) in [4.78, 5) is 29.6. The Kier molecular flexibility index (Phi) is 5.74. The maximum Gasteiger partial charge on any atom is 0.321 e. The van der Waals surface area contributed by atoms with Crippen LogP contribution in [0.1, 0.15) is 11.1 Å². The summed E-state index contributed by atoms with van der Waals surface area (Å²) in [6.07, 6.45) is 3.31. The molecule has 1 fully saturated rings. The number of piperazine rings is 1. The van der Waals surface area contributed by atoms with E-state index in [9.17, 15) is 4.79 Å². The lowest BCUT2D eigenvalue weighted by atomic mass is 10.2. The first-order valence-corrected chi connectivity index (χ1v) is 9.97. The molecule has 2 N–H and O–H groups in total. The zero-order chi connectivity index (χ0) is 20.9. The van der Waals surface area contributed by atoms with Gasteiger partial charge in [-0.1, -0.05) is 18.2 Å². The maximum atomic E-state index is 12.6. The molecule has 0 bridgehead atoms. The van der Waals surface area contributed by atoms with Crippen LogP contribution in [0.2, 0.25) is 0 Å². The molecule has 154 valence electrons. The monoisotopic (exact) mass is 403 g/mol. The number of hydrogen-bond acceptors (Lipinski definition) is 6. The van der Waals surface area contributed by atoms with Gasteiger partial charge in [-0.05, 0) is 43.2 Å². The molecule has 1 aromatic carbocycles. The number of nitrogens with one attached hydrogen (secondary N) is 2. The van der Waals surface area contributed by atoms with Gasteiger partial charge in [-0.25, -0.2) is 19.7 Å². The molecule has 1 aliphatic rings. The minimum atomic E-state index is -0.0699. The second kappa shape index (κ2) is 8.77. The number of amides is 2. The molecule has 0 atom stereocenters. The van der Waals surface area contributed by atoms with Crippen LogP contribution in [0, 0.1) is 13.8 Å². The molecule has 0 aliphatic carbocycles. The molecule has 2 aromatic heterocycles. The highest BCUT2D eigenvalue weighted by Crippen LogP contribution is 2.20. The summed E-state index contributed by atoms with van der Waals surface area (Å²) in [6, 6.07) is 13.5. The van der Waals surface area contributed by atoms with Gasteiger partial charge in [0.1, 0.15) is 23.8 Å². The molecule has 8 nitrogen and oxygen atoms in total.